The summed E-state index contributed by atoms with van der Waals surface area (Å²) in [5, 5.41) is 4.59. The third-order valence-electron chi connectivity index (χ3n) is 4.79. The van der Waals surface area contributed by atoms with Crippen molar-refractivity contribution < 1.29 is 19.1 Å². The number of benzene rings is 3. The summed E-state index contributed by atoms with van der Waals surface area (Å²) in [5.74, 6) is 0.341. The van der Waals surface area contributed by atoms with Crippen molar-refractivity contribution in [1.82, 2.24) is 5.43 Å². The molecule has 1 N–H and O–H groups in total. The lowest BCUT2D eigenvalue weighted by Crippen LogP contribution is -2.25. The first-order valence-corrected chi connectivity index (χ1v) is 11.3. The third-order valence-corrected chi connectivity index (χ3v) is 5.34. The highest BCUT2D eigenvalue weighted by Gasteiger charge is 2.13. The molecule has 0 saturated carbocycles. The molecule has 0 radical (unpaired) electrons. The summed E-state index contributed by atoms with van der Waals surface area (Å²) in [4.78, 5) is 24.4. The zero-order valence-corrected chi connectivity index (χ0v) is 20.5. The summed E-state index contributed by atoms with van der Waals surface area (Å²) in [5.41, 5.74) is 5.46. The number of carbonyl (C=O) groups is 2. The van der Waals surface area contributed by atoms with Gasteiger partial charge in [0.2, 0.25) is 0 Å². The molecule has 8 heteroatoms. The fraction of sp³-hybridized carbons (Fsp3) is 0.192. The predicted octanol–water partition coefficient (Wildman–Crippen LogP) is 6.17. The van der Waals surface area contributed by atoms with Crippen LogP contribution >= 0.6 is 23.2 Å². The Kier molecular flexibility index (Phi) is 8.68. The molecule has 0 saturated heterocycles. The Morgan fingerprint density at radius 1 is 1.03 bits per heavy atom. The summed E-state index contributed by atoms with van der Waals surface area (Å²) < 4.78 is 11.0. The Labute approximate surface area is 208 Å². The number of nitrogens with zero attached hydrogens (tertiary/aromatic N) is 1. The van der Waals surface area contributed by atoms with Gasteiger partial charge in [-0.3, -0.25) is 4.79 Å². The van der Waals surface area contributed by atoms with Gasteiger partial charge in [-0.05, 0) is 78.1 Å². The molecule has 0 atom stereocenters. The molecule has 0 aliphatic heterocycles. The topological polar surface area (TPSA) is 77.0 Å². The second-order valence-electron chi connectivity index (χ2n) is 7.86. The summed E-state index contributed by atoms with van der Waals surface area (Å²) >= 11 is 11.9. The summed E-state index contributed by atoms with van der Waals surface area (Å²) in [7, 11) is 0. The van der Waals surface area contributed by atoms with Gasteiger partial charge in [0, 0.05) is 5.02 Å². The van der Waals surface area contributed by atoms with Crippen LogP contribution in [-0.2, 0) is 4.79 Å². The van der Waals surface area contributed by atoms with E-state index in [0.717, 1.165) is 11.1 Å². The molecular formula is C26H24Cl2N2O4. The van der Waals surface area contributed by atoms with Gasteiger partial charge in [0.15, 0.2) is 6.61 Å². The molecule has 3 aromatic rings. The highest BCUT2D eigenvalue weighted by Crippen LogP contribution is 2.27. The number of hydrogen-bond donors (Lipinski definition) is 1. The van der Waals surface area contributed by atoms with Crippen LogP contribution in [-0.4, -0.2) is 24.7 Å². The number of nitrogens with one attached hydrogen (secondary N) is 1. The van der Waals surface area contributed by atoms with Gasteiger partial charge in [-0.25, -0.2) is 10.2 Å². The minimum Gasteiger partial charge on any atom is -0.483 e. The lowest BCUT2D eigenvalue weighted by Gasteiger charge is -2.14. The molecule has 176 valence electrons. The van der Waals surface area contributed by atoms with Crippen molar-refractivity contribution in [2.24, 2.45) is 5.10 Å². The SMILES string of the molecule is Cc1ccc(C(C)C)c(OCC(=O)N/N=C/c2ccc(OC(=O)c3ccc(Cl)cc3Cl)cc2)c1. The van der Waals surface area contributed by atoms with Crippen molar-refractivity contribution in [1.29, 1.82) is 0 Å². The first kappa shape index (κ1) is 25.3. The van der Waals surface area contributed by atoms with Crippen LogP contribution < -0.4 is 14.9 Å². The highest BCUT2D eigenvalue weighted by molar-refractivity contribution is 6.36. The van der Waals surface area contributed by atoms with Crippen LogP contribution in [0.4, 0.5) is 0 Å². The van der Waals surface area contributed by atoms with E-state index >= 15 is 0 Å². The van der Waals surface area contributed by atoms with Crippen LogP contribution in [0.1, 0.15) is 46.8 Å². The Bertz CT molecular complexity index is 1210. The van der Waals surface area contributed by atoms with Crippen LogP contribution in [0.5, 0.6) is 11.5 Å². The standard InChI is InChI=1S/C26H24Cl2N2O4/c1-16(2)21-10-4-17(3)12-24(21)33-15-25(31)30-29-14-18-5-8-20(9-6-18)34-26(32)22-11-7-19(27)13-23(22)28/h4-14,16H,15H2,1-3H3,(H,30,31)/b29-14+. The van der Waals surface area contributed by atoms with E-state index < -0.39 is 5.97 Å². The molecule has 3 rings (SSSR count). The Morgan fingerprint density at radius 2 is 1.76 bits per heavy atom. The van der Waals surface area contributed by atoms with Gasteiger partial charge < -0.3 is 9.47 Å². The molecule has 3 aromatic carbocycles. The zero-order chi connectivity index (χ0) is 24.7. The van der Waals surface area contributed by atoms with E-state index in [0.29, 0.717) is 22.1 Å². The van der Waals surface area contributed by atoms with Gasteiger partial charge in [0.25, 0.3) is 5.91 Å². The molecule has 0 spiro atoms. The second-order valence-corrected chi connectivity index (χ2v) is 8.70. The Morgan fingerprint density at radius 3 is 2.44 bits per heavy atom. The molecule has 0 bridgehead atoms. The fourth-order valence-corrected chi connectivity index (χ4v) is 3.52. The monoisotopic (exact) mass is 498 g/mol. The number of amides is 1. The van der Waals surface area contributed by atoms with Crippen LogP contribution in [0.15, 0.2) is 65.8 Å². The van der Waals surface area contributed by atoms with Crippen LogP contribution in [0.3, 0.4) is 0 Å². The fourth-order valence-electron chi connectivity index (χ4n) is 3.04. The van der Waals surface area contributed by atoms with Crippen LogP contribution in [0, 0.1) is 6.92 Å². The maximum atomic E-state index is 12.3. The van der Waals surface area contributed by atoms with Gasteiger partial charge in [-0.15, -0.1) is 0 Å². The second kappa shape index (κ2) is 11.7. The van der Waals surface area contributed by atoms with E-state index in [1.165, 1.54) is 18.3 Å². The number of hydrazone groups is 1. The van der Waals surface area contributed by atoms with Gasteiger partial charge in [0.1, 0.15) is 11.5 Å². The summed E-state index contributed by atoms with van der Waals surface area (Å²) in [6.07, 6.45) is 1.48. The van der Waals surface area contributed by atoms with Crippen molar-refractivity contribution in [3.8, 4) is 11.5 Å². The van der Waals surface area contributed by atoms with Crippen LogP contribution in [0.2, 0.25) is 10.0 Å². The smallest absolute Gasteiger partial charge is 0.345 e. The van der Waals surface area contributed by atoms with Crippen molar-refractivity contribution in [3.63, 3.8) is 0 Å². The zero-order valence-electron chi connectivity index (χ0n) is 19.0. The first-order valence-electron chi connectivity index (χ1n) is 10.6. The number of carbonyl (C=O) groups excluding carboxylic acids is 2. The predicted molar refractivity (Wildman–Crippen MR) is 134 cm³/mol. The van der Waals surface area contributed by atoms with E-state index in [1.54, 1.807) is 30.3 Å². The lowest BCUT2D eigenvalue weighted by atomic mass is 10.0. The number of hydrogen-bond acceptors (Lipinski definition) is 5. The van der Waals surface area contributed by atoms with Gasteiger partial charge in [-0.1, -0.05) is 49.2 Å². The molecule has 1 amide bonds. The average Bonchev–Trinajstić information content (AvgIpc) is 2.78. The number of rotatable bonds is 8. The molecule has 6 nitrogen and oxygen atoms in total. The average molecular weight is 499 g/mol. The summed E-state index contributed by atoms with van der Waals surface area (Å²) in [6.45, 7) is 5.96. The first-order chi connectivity index (χ1) is 16.2. The van der Waals surface area contributed by atoms with E-state index in [4.69, 9.17) is 32.7 Å². The third kappa shape index (κ3) is 7.07. The van der Waals surface area contributed by atoms with E-state index in [2.05, 4.69) is 24.4 Å². The highest BCUT2D eigenvalue weighted by atomic mass is 35.5. The lowest BCUT2D eigenvalue weighted by molar-refractivity contribution is -0.123. The minimum absolute atomic E-state index is 0.150. The van der Waals surface area contributed by atoms with Crippen molar-refractivity contribution >= 4 is 41.3 Å². The quantitative estimate of drug-likeness (QED) is 0.174. The molecular weight excluding hydrogens is 475 g/mol. The number of halogens is 2. The van der Waals surface area contributed by atoms with Crippen molar-refractivity contribution in [2.75, 3.05) is 6.61 Å². The maximum absolute atomic E-state index is 12.3. The molecule has 0 fully saturated rings. The Balaban J connectivity index is 1.51. The summed E-state index contributed by atoms with van der Waals surface area (Å²) in [6, 6.07) is 17.1. The largest absolute Gasteiger partial charge is 0.483 e. The molecule has 0 aliphatic carbocycles. The number of aryl methyl sites for hydroxylation is 1. The van der Waals surface area contributed by atoms with E-state index in [-0.39, 0.29) is 29.0 Å². The van der Waals surface area contributed by atoms with Crippen LogP contribution in [0.25, 0.3) is 0 Å². The van der Waals surface area contributed by atoms with E-state index in [1.807, 2.05) is 25.1 Å². The maximum Gasteiger partial charge on any atom is 0.345 e. The number of ether oxygens (including phenoxy) is 2. The van der Waals surface area contributed by atoms with E-state index in [9.17, 15) is 9.59 Å². The molecule has 0 aromatic heterocycles. The van der Waals surface area contributed by atoms with Gasteiger partial charge >= 0.3 is 5.97 Å². The molecule has 0 heterocycles. The molecule has 34 heavy (non-hydrogen) atoms. The normalized spacial score (nSPS) is 11.0. The molecule has 0 unspecified atom stereocenters. The minimum atomic E-state index is -0.593. The van der Waals surface area contributed by atoms with Crippen molar-refractivity contribution in [2.45, 2.75) is 26.7 Å². The van der Waals surface area contributed by atoms with Gasteiger partial charge in [0.05, 0.1) is 16.8 Å². The Hall–Kier alpha value is -3.35. The molecule has 0 aliphatic rings. The van der Waals surface area contributed by atoms with Crippen molar-refractivity contribution in [3.05, 3.63) is 93.0 Å². The van der Waals surface area contributed by atoms with Gasteiger partial charge in [-0.2, -0.15) is 5.10 Å². The number of esters is 1.